The second-order valence-electron chi connectivity index (χ2n) is 5.73. The summed E-state index contributed by atoms with van der Waals surface area (Å²) in [4.78, 5) is 51.2. The standard InChI is InChI=1S/C16H16N2O4/c1-10(19)13-14(20)17(9-11-7-8-11)16(22)18(15(13)21)12-5-3-2-4-6-12/h2-6,11,13H,7-9H2,1H3. The van der Waals surface area contributed by atoms with Crippen LogP contribution in [0.5, 0.6) is 0 Å². The number of hydrogen-bond donors (Lipinski definition) is 0. The lowest BCUT2D eigenvalue weighted by Crippen LogP contribution is -2.62. The maximum Gasteiger partial charge on any atom is 0.338 e. The highest BCUT2D eigenvalue weighted by molar-refractivity contribution is 6.34. The number of Topliss-reactive ketones (excluding diaryl/α,β-unsaturated/α-hetero) is 1. The summed E-state index contributed by atoms with van der Waals surface area (Å²) in [5.74, 6) is -3.13. The molecule has 4 amide bonds. The molecule has 1 saturated heterocycles. The third kappa shape index (κ3) is 2.41. The van der Waals surface area contributed by atoms with Gasteiger partial charge in [0.2, 0.25) is 0 Å². The molecule has 0 N–H and O–H groups in total. The predicted octanol–water partition coefficient (Wildman–Crippen LogP) is 1.60. The summed E-state index contributed by atoms with van der Waals surface area (Å²) >= 11 is 0. The van der Waals surface area contributed by atoms with Gasteiger partial charge in [-0.3, -0.25) is 19.3 Å². The van der Waals surface area contributed by atoms with Crippen LogP contribution in [0.4, 0.5) is 10.5 Å². The molecule has 0 aromatic heterocycles. The van der Waals surface area contributed by atoms with Crippen molar-refractivity contribution in [3.63, 3.8) is 0 Å². The molecule has 1 aliphatic carbocycles. The van der Waals surface area contributed by atoms with Crippen LogP contribution in [0.1, 0.15) is 19.8 Å². The van der Waals surface area contributed by atoms with Gasteiger partial charge >= 0.3 is 6.03 Å². The second kappa shape index (κ2) is 5.36. The molecule has 1 aromatic rings. The van der Waals surface area contributed by atoms with Crippen molar-refractivity contribution >= 4 is 29.3 Å². The van der Waals surface area contributed by atoms with Crippen LogP contribution < -0.4 is 4.90 Å². The predicted molar refractivity (Wildman–Crippen MR) is 77.9 cm³/mol. The van der Waals surface area contributed by atoms with Gasteiger partial charge in [0.25, 0.3) is 11.8 Å². The lowest BCUT2D eigenvalue weighted by atomic mass is 9.98. The van der Waals surface area contributed by atoms with Gasteiger partial charge < -0.3 is 0 Å². The number of barbiturate groups is 1. The summed E-state index contributed by atoms with van der Waals surface area (Å²) in [5, 5.41) is 0. The lowest BCUT2D eigenvalue weighted by Gasteiger charge is -2.36. The number of amides is 4. The molecule has 0 radical (unpaired) electrons. The number of carbonyl (C=O) groups is 4. The van der Waals surface area contributed by atoms with Gasteiger partial charge in [-0.05, 0) is 37.8 Å². The highest BCUT2D eigenvalue weighted by atomic mass is 16.2. The van der Waals surface area contributed by atoms with Crippen LogP contribution in [-0.4, -0.2) is 35.1 Å². The zero-order chi connectivity index (χ0) is 15.9. The minimum atomic E-state index is -1.42. The molecule has 1 atom stereocenters. The Kier molecular flexibility index (Phi) is 3.52. The van der Waals surface area contributed by atoms with Crippen molar-refractivity contribution in [2.24, 2.45) is 11.8 Å². The average Bonchev–Trinajstić information content (AvgIpc) is 3.28. The summed E-state index contributed by atoms with van der Waals surface area (Å²) in [6.07, 6.45) is 1.92. The van der Waals surface area contributed by atoms with Gasteiger partial charge in [0.05, 0.1) is 5.69 Å². The van der Waals surface area contributed by atoms with Gasteiger partial charge in [0, 0.05) is 6.54 Å². The molecule has 1 aromatic carbocycles. The third-order valence-corrected chi connectivity index (χ3v) is 3.96. The normalized spacial score (nSPS) is 22.2. The minimum absolute atomic E-state index is 0.276. The van der Waals surface area contributed by atoms with E-state index in [-0.39, 0.29) is 12.5 Å². The first-order valence-corrected chi connectivity index (χ1v) is 7.25. The highest BCUT2D eigenvalue weighted by Gasteiger charge is 2.49. The number of ketones is 1. The van der Waals surface area contributed by atoms with Crippen LogP contribution in [0.3, 0.4) is 0 Å². The fourth-order valence-corrected chi connectivity index (χ4v) is 2.59. The number of carbonyl (C=O) groups excluding carboxylic acids is 4. The van der Waals surface area contributed by atoms with E-state index in [0.29, 0.717) is 5.69 Å². The quantitative estimate of drug-likeness (QED) is 0.792. The molecular weight excluding hydrogens is 284 g/mol. The Morgan fingerprint density at radius 3 is 2.27 bits per heavy atom. The number of hydrogen-bond acceptors (Lipinski definition) is 4. The van der Waals surface area contributed by atoms with Gasteiger partial charge in [0.15, 0.2) is 11.7 Å². The van der Waals surface area contributed by atoms with Crippen molar-refractivity contribution in [1.29, 1.82) is 0 Å². The maximum atomic E-state index is 12.6. The second-order valence-corrected chi connectivity index (χ2v) is 5.73. The molecule has 0 bridgehead atoms. The van der Waals surface area contributed by atoms with E-state index in [1.807, 2.05) is 0 Å². The van der Waals surface area contributed by atoms with Crippen LogP contribution in [-0.2, 0) is 14.4 Å². The number of para-hydroxylation sites is 1. The SMILES string of the molecule is CC(=O)C1C(=O)N(CC2CC2)C(=O)N(c2ccccc2)C1=O. The maximum absolute atomic E-state index is 12.6. The van der Waals surface area contributed by atoms with Crippen molar-refractivity contribution in [1.82, 2.24) is 4.90 Å². The first-order chi connectivity index (χ1) is 10.5. The first-order valence-electron chi connectivity index (χ1n) is 7.25. The third-order valence-electron chi connectivity index (χ3n) is 3.96. The van der Waals surface area contributed by atoms with E-state index >= 15 is 0 Å². The Morgan fingerprint density at radius 1 is 1.09 bits per heavy atom. The number of nitrogens with zero attached hydrogens (tertiary/aromatic N) is 2. The fraction of sp³-hybridized carbons (Fsp3) is 0.375. The van der Waals surface area contributed by atoms with Crippen LogP contribution in [0.15, 0.2) is 30.3 Å². The molecule has 1 heterocycles. The van der Waals surface area contributed by atoms with E-state index in [2.05, 4.69) is 0 Å². The Morgan fingerprint density at radius 2 is 1.73 bits per heavy atom. The molecule has 2 aliphatic rings. The van der Waals surface area contributed by atoms with Gasteiger partial charge in [0.1, 0.15) is 0 Å². The minimum Gasteiger partial charge on any atom is -0.299 e. The van der Waals surface area contributed by atoms with Crippen molar-refractivity contribution in [2.45, 2.75) is 19.8 Å². The molecule has 22 heavy (non-hydrogen) atoms. The van der Waals surface area contributed by atoms with E-state index in [1.54, 1.807) is 30.3 Å². The van der Waals surface area contributed by atoms with Crippen LogP contribution >= 0.6 is 0 Å². The number of urea groups is 1. The molecule has 1 aliphatic heterocycles. The monoisotopic (exact) mass is 300 g/mol. The van der Waals surface area contributed by atoms with Gasteiger partial charge in [-0.25, -0.2) is 9.69 Å². The van der Waals surface area contributed by atoms with E-state index in [4.69, 9.17) is 0 Å². The molecule has 2 fully saturated rings. The largest absolute Gasteiger partial charge is 0.338 e. The topological polar surface area (TPSA) is 74.8 Å². The zero-order valence-corrected chi connectivity index (χ0v) is 12.2. The Bertz CT molecular complexity index is 651. The summed E-state index contributed by atoms with van der Waals surface area (Å²) in [7, 11) is 0. The van der Waals surface area contributed by atoms with Crippen LogP contribution in [0.25, 0.3) is 0 Å². The molecule has 0 spiro atoms. The summed E-state index contributed by atoms with van der Waals surface area (Å²) in [6, 6.07) is 7.71. The van der Waals surface area contributed by atoms with Crippen LogP contribution in [0, 0.1) is 11.8 Å². The average molecular weight is 300 g/mol. The fourth-order valence-electron chi connectivity index (χ4n) is 2.59. The Balaban J connectivity index is 2.00. The molecule has 6 nitrogen and oxygen atoms in total. The molecular formula is C16H16N2O4. The number of imide groups is 2. The summed E-state index contributed by atoms with van der Waals surface area (Å²) < 4.78 is 0. The smallest absolute Gasteiger partial charge is 0.299 e. The van der Waals surface area contributed by atoms with Gasteiger partial charge in [-0.2, -0.15) is 0 Å². The van der Waals surface area contributed by atoms with Crippen molar-refractivity contribution in [3.8, 4) is 0 Å². The van der Waals surface area contributed by atoms with Crippen molar-refractivity contribution in [3.05, 3.63) is 30.3 Å². The highest BCUT2D eigenvalue weighted by Crippen LogP contribution is 2.33. The number of benzene rings is 1. The first kappa shape index (κ1) is 14.4. The Hall–Kier alpha value is -2.50. The molecule has 6 heteroatoms. The molecule has 114 valence electrons. The van der Waals surface area contributed by atoms with Gasteiger partial charge in [-0.15, -0.1) is 0 Å². The molecule has 3 rings (SSSR count). The number of rotatable bonds is 4. The van der Waals surface area contributed by atoms with Crippen LogP contribution in [0.2, 0.25) is 0 Å². The summed E-state index contributed by atoms with van der Waals surface area (Å²) in [6.45, 7) is 1.48. The number of anilines is 1. The van der Waals surface area contributed by atoms with E-state index in [1.165, 1.54) is 6.92 Å². The van der Waals surface area contributed by atoms with E-state index < -0.39 is 29.5 Å². The Labute approximate surface area is 127 Å². The van der Waals surface area contributed by atoms with E-state index in [0.717, 1.165) is 22.6 Å². The van der Waals surface area contributed by atoms with Gasteiger partial charge in [-0.1, -0.05) is 18.2 Å². The van der Waals surface area contributed by atoms with E-state index in [9.17, 15) is 19.2 Å². The van der Waals surface area contributed by atoms with Crippen molar-refractivity contribution in [2.75, 3.05) is 11.4 Å². The molecule has 1 unspecified atom stereocenters. The molecule has 1 saturated carbocycles. The lowest BCUT2D eigenvalue weighted by molar-refractivity contribution is -0.145. The zero-order valence-electron chi connectivity index (χ0n) is 12.2. The summed E-state index contributed by atoms with van der Waals surface area (Å²) in [5.41, 5.74) is 0.372. The van der Waals surface area contributed by atoms with Crippen molar-refractivity contribution < 1.29 is 19.2 Å².